The standard InChI is InChI=1S/C21H22N2O4/c1-27-19-11-6-5-10-16(19)18-14-17(15-8-3-2-4-9-15)22-23(18)20(24)12-7-13-21(25)26/h2-6,8-11,18H,7,12-14H2,1H3,(H,25,26). The van der Waals surface area contributed by atoms with Crippen LogP contribution < -0.4 is 4.74 Å². The molecular formula is C21H22N2O4. The number of hydrazone groups is 1. The van der Waals surface area contributed by atoms with Crippen molar-refractivity contribution in [3.8, 4) is 5.75 Å². The molecule has 1 heterocycles. The first-order valence-corrected chi connectivity index (χ1v) is 8.90. The Morgan fingerprint density at radius 1 is 1.11 bits per heavy atom. The summed E-state index contributed by atoms with van der Waals surface area (Å²) in [5.41, 5.74) is 2.69. The fourth-order valence-electron chi connectivity index (χ4n) is 3.23. The van der Waals surface area contributed by atoms with Crippen LogP contribution in [0.1, 0.15) is 42.9 Å². The molecule has 2 aromatic carbocycles. The molecule has 1 aliphatic heterocycles. The number of methoxy groups -OCH3 is 1. The molecule has 6 nitrogen and oxygen atoms in total. The molecule has 6 heteroatoms. The van der Waals surface area contributed by atoms with Crippen molar-refractivity contribution < 1.29 is 19.4 Å². The Kier molecular flexibility index (Phi) is 5.86. The second-order valence-electron chi connectivity index (χ2n) is 6.36. The van der Waals surface area contributed by atoms with Gasteiger partial charge >= 0.3 is 5.97 Å². The Morgan fingerprint density at radius 3 is 2.52 bits per heavy atom. The predicted octanol–water partition coefficient (Wildman–Crippen LogP) is 3.63. The third kappa shape index (κ3) is 4.34. The van der Waals surface area contributed by atoms with Crippen LogP contribution in [0.5, 0.6) is 5.75 Å². The van der Waals surface area contributed by atoms with Crippen molar-refractivity contribution in [2.75, 3.05) is 7.11 Å². The van der Waals surface area contributed by atoms with Gasteiger partial charge in [0.15, 0.2) is 0 Å². The summed E-state index contributed by atoms with van der Waals surface area (Å²) in [4.78, 5) is 23.5. The summed E-state index contributed by atoms with van der Waals surface area (Å²) in [7, 11) is 1.60. The summed E-state index contributed by atoms with van der Waals surface area (Å²) in [5.74, 6) is -0.382. The van der Waals surface area contributed by atoms with Crippen LogP contribution in [-0.2, 0) is 9.59 Å². The van der Waals surface area contributed by atoms with Crippen molar-refractivity contribution in [1.82, 2.24) is 5.01 Å². The third-order valence-electron chi connectivity index (χ3n) is 4.55. The molecule has 1 amide bonds. The maximum atomic E-state index is 12.8. The van der Waals surface area contributed by atoms with E-state index < -0.39 is 5.97 Å². The van der Waals surface area contributed by atoms with Crippen molar-refractivity contribution in [2.45, 2.75) is 31.7 Å². The average molecular weight is 366 g/mol. The predicted molar refractivity (Wildman–Crippen MR) is 102 cm³/mol. The van der Waals surface area contributed by atoms with Crippen LogP contribution in [-0.4, -0.2) is 34.8 Å². The fourth-order valence-corrected chi connectivity index (χ4v) is 3.23. The lowest BCUT2D eigenvalue weighted by Gasteiger charge is -2.23. The number of carbonyl (C=O) groups excluding carboxylic acids is 1. The Morgan fingerprint density at radius 2 is 1.81 bits per heavy atom. The van der Waals surface area contributed by atoms with Gasteiger partial charge in [0.05, 0.1) is 18.9 Å². The van der Waals surface area contributed by atoms with Crippen molar-refractivity contribution in [3.63, 3.8) is 0 Å². The molecule has 0 aromatic heterocycles. The van der Waals surface area contributed by atoms with E-state index in [9.17, 15) is 9.59 Å². The zero-order chi connectivity index (χ0) is 19.2. The summed E-state index contributed by atoms with van der Waals surface area (Å²) in [6.07, 6.45) is 0.978. The molecule has 0 radical (unpaired) electrons. The minimum absolute atomic E-state index is 0.0336. The van der Waals surface area contributed by atoms with Crippen LogP contribution >= 0.6 is 0 Å². The molecular weight excluding hydrogens is 344 g/mol. The van der Waals surface area contributed by atoms with Gasteiger partial charge in [0.1, 0.15) is 5.75 Å². The highest BCUT2D eigenvalue weighted by Crippen LogP contribution is 2.37. The number of carboxylic acids is 1. The van der Waals surface area contributed by atoms with Crippen LogP contribution in [0.2, 0.25) is 0 Å². The largest absolute Gasteiger partial charge is 0.496 e. The van der Waals surface area contributed by atoms with E-state index in [1.54, 1.807) is 7.11 Å². The smallest absolute Gasteiger partial charge is 0.303 e. The molecule has 0 aliphatic carbocycles. The van der Waals surface area contributed by atoms with Gasteiger partial charge in [-0.05, 0) is 18.1 Å². The van der Waals surface area contributed by atoms with Gasteiger partial charge in [-0.25, -0.2) is 5.01 Å². The molecule has 0 spiro atoms. The molecule has 3 rings (SSSR count). The van der Waals surface area contributed by atoms with Crippen LogP contribution in [0.15, 0.2) is 59.7 Å². The summed E-state index contributed by atoms with van der Waals surface area (Å²) < 4.78 is 5.47. The number of para-hydroxylation sites is 1. The fraction of sp³-hybridized carbons (Fsp3) is 0.286. The van der Waals surface area contributed by atoms with Gasteiger partial charge in [-0.2, -0.15) is 5.10 Å². The maximum Gasteiger partial charge on any atom is 0.303 e. The first kappa shape index (κ1) is 18.6. The van der Waals surface area contributed by atoms with Crippen LogP contribution in [0.4, 0.5) is 0 Å². The molecule has 1 aliphatic rings. The lowest BCUT2D eigenvalue weighted by molar-refractivity contribution is -0.137. The quantitative estimate of drug-likeness (QED) is 0.811. The number of aliphatic carboxylic acids is 1. The number of ether oxygens (including phenoxy) is 1. The Balaban J connectivity index is 1.89. The van der Waals surface area contributed by atoms with E-state index in [1.165, 1.54) is 5.01 Å². The molecule has 140 valence electrons. The number of nitrogens with zero attached hydrogens (tertiary/aromatic N) is 2. The van der Waals surface area contributed by atoms with Gasteiger partial charge in [0, 0.05) is 24.8 Å². The minimum Gasteiger partial charge on any atom is -0.496 e. The van der Waals surface area contributed by atoms with Gasteiger partial charge < -0.3 is 9.84 Å². The SMILES string of the molecule is COc1ccccc1C1CC(c2ccccc2)=NN1C(=O)CCCC(=O)O. The average Bonchev–Trinajstić information content (AvgIpc) is 3.13. The van der Waals surface area contributed by atoms with E-state index in [-0.39, 0.29) is 24.8 Å². The van der Waals surface area contributed by atoms with Crippen molar-refractivity contribution >= 4 is 17.6 Å². The van der Waals surface area contributed by atoms with Gasteiger partial charge in [-0.3, -0.25) is 9.59 Å². The molecule has 0 saturated carbocycles. The summed E-state index contributed by atoms with van der Waals surface area (Å²) >= 11 is 0. The van der Waals surface area contributed by atoms with E-state index in [2.05, 4.69) is 5.10 Å². The topological polar surface area (TPSA) is 79.2 Å². The molecule has 0 bridgehead atoms. The summed E-state index contributed by atoms with van der Waals surface area (Å²) in [6, 6.07) is 17.1. The Bertz CT molecular complexity index is 848. The highest BCUT2D eigenvalue weighted by molar-refractivity contribution is 6.03. The number of carbonyl (C=O) groups is 2. The molecule has 2 aromatic rings. The van der Waals surface area contributed by atoms with E-state index >= 15 is 0 Å². The number of carboxylic acid groups (broad SMARTS) is 1. The summed E-state index contributed by atoms with van der Waals surface area (Å²) in [5, 5.41) is 14.9. The molecule has 0 fully saturated rings. The van der Waals surface area contributed by atoms with Crippen molar-refractivity contribution in [3.05, 3.63) is 65.7 Å². The Hall–Kier alpha value is -3.15. The van der Waals surface area contributed by atoms with Gasteiger partial charge in [-0.1, -0.05) is 48.5 Å². The van der Waals surface area contributed by atoms with E-state index in [0.29, 0.717) is 18.6 Å². The van der Waals surface area contributed by atoms with Crippen molar-refractivity contribution in [2.24, 2.45) is 5.10 Å². The van der Waals surface area contributed by atoms with Crippen molar-refractivity contribution in [1.29, 1.82) is 0 Å². The lowest BCUT2D eigenvalue weighted by Crippen LogP contribution is -2.27. The number of hydrogen-bond donors (Lipinski definition) is 1. The lowest BCUT2D eigenvalue weighted by atomic mass is 9.97. The van der Waals surface area contributed by atoms with E-state index in [4.69, 9.17) is 9.84 Å². The number of benzene rings is 2. The molecule has 27 heavy (non-hydrogen) atoms. The number of rotatable bonds is 7. The van der Waals surface area contributed by atoms with Crippen LogP contribution in [0.25, 0.3) is 0 Å². The van der Waals surface area contributed by atoms with E-state index in [0.717, 1.165) is 16.8 Å². The summed E-state index contributed by atoms with van der Waals surface area (Å²) in [6.45, 7) is 0. The molecule has 1 unspecified atom stereocenters. The number of hydrogen-bond acceptors (Lipinski definition) is 4. The molecule has 1 N–H and O–H groups in total. The highest BCUT2D eigenvalue weighted by Gasteiger charge is 2.34. The second-order valence-corrected chi connectivity index (χ2v) is 6.36. The number of amides is 1. The zero-order valence-corrected chi connectivity index (χ0v) is 15.2. The maximum absolute atomic E-state index is 12.8. The normalized spacial score (nSPS) is 16.1. The van der Waals surface area contributed by atoms with Gasteiger partial charge in [-0.15, -0.1) is 0 Å². The minimum atomic E-state index is -0.904. The third-order valence-corrected chi connectivity index (χ3v) is 4.55. The molecule has 0 saturated heterocycles. The van der Waals surface area contributed by atoms with E-state index in [1.807, 2.05) is 54.6 Å². The zero-order valence-electron chi connectivity index (χ0n) is 15.2. The first-order chi connectivity index (χ1) is 13.1. The monoisotopic (exact) mass is 366 g/mol. The van der Waals surface area contributed by atoms with Gasteiger partial charge in [0.2, 0.25) is 5.91 Å². The highest BCUT2D eigenvalue weighted by atomic mass is 16.5. The van der Waals surface area contributed by atoms with Crippen LogP contribution in [0, 0.1) is 0 Å². The van der Waals surface area contributed by atoms with Gasteiger partial charge in [0.25, 0.3) is 0 Å². The van der Waals surface area contributed by atoms with Crippen LogP contribution in [0.3, 0.4) is 0 Å². The first-order valence-electron chi connectivity index (χ1n) is 8.90. The second kappa shape index (κ2) is 8.49. The Labute approximate surface area is 158 Å². The molecule has 1 atom stereocenters.